The van der Waals surface area contributed by atoms with Crippen LogP contribution in [-0.2, 0) is 6.61 Å². The number of aromatic nitrogens is 2. The molecule has 1 aromatic heterocycles. The molecule has 202 valence electrons. The van der Waals surface area contributed by atoms with Crippen LogP contribution in [0.5, 0.6) is 11.5 Å². The van der Waals surface area contributed by atoms with E-state index in [4.69, 9.17) is 37.7 Å². The quantitative estimate of drug-likeness (QED) is 0.184. The van der Waals surface area contributed by atoms with Gasteiger partial charge in [-0.05, 0) is 79.4 Å². The Morgan fingerprint density at radius 2 is 1.82 bits per heavy atom. The third-order valence-electron chi connectivity index (χ3n) is 6.77. The van der Waals surface area contributed by atoms with Crippen molar-refractivity contribution in [3.63, 3.8) is 0 Å². The fourth-order valence-corrected chi connectivity index (χ4v) is 5.49. The van der Waals surface area contributed by atoms with Crippen LogP contribution < -0.4 is 15.0 Å². The number of nitrogens with zero attached hydrogens (tertiary/aromatic N) is 3. The van der Waals surface area contributed by atoms with Crippen LogP contribution >= 0.6 is 39.1 Å². The SMILES string of the molecule is CCOc1cc(C=Nn2c(C3CCCCC3)nc3ccc(Br)cc3c2=O)ccc1OCc1ccc(Cl)c(Cl)c1. The number of hydrogen-bond acceptors (Lipinski definition) is 5. The Kier molecular flexibility index (Phi) is 8.90. The molecule has 0 N–H and O–H groups in total. The Bertz CT molecular complexity index is 1580. The van der Waals surface area contributed by atoms with Crippen molar-refractivity contribution in [2.75, 3.05) is 6.61 Å². The summed E-state index contributed by atoms with van der Waals surface area (Å²) in [5.74, 6) is 2.10. The van der Waals surface area contributed by atoms with Gasteiger partial charge in [0.05, 0.1) is 33.8 Å². The smallest absolute Gasteiger partial charge is 0.282 e. The van der Waals surface area contributed by atoms with Gasteiger partial charge in [-0.3, -0.25) is 4.79 Å². The highest BCUT2D eigenvalue weighted by molar-refractivity contribution is 9.10. The zero-order chi connectivity index (χ0) is 27.4. The number of fused-ring (bicyclic) bond motifs is 1. The maximum Gasteiger partial charge on any atom is 0.282 e. The summed E-state index contributed by atoms with van der Waals surface area (Å²) in [5.41, 5.74) is 2.18. The minimum absolute atomic E-state index is 0.176. The predicted molar refractivity (Wildman–Crippen MR) is 161 cm³/mol. The van der Waals surface area contributed by atoms with E-state index in [0.717, 1.165) is 47.1 Å². The Labute approximate surface area is 245 Å². The maximum atomic E-state index is 13.6. The van der Waals surface area contributed by atoms with E-state index in [1.807, 2.05) is 43.3 Å². The molecule has 9 heteroatoms. The first-order valence-corrected chi connectivity index (χ1v) is 14.6. The van der Waals surface area contributed by atoms with Gasteiger partial charge in [-0.25, -0.2) is 4.98 Å². The molecule has 0 amide bonds. The second-order valence-electron chi connectivity index (χ2n) is 9.50. The normalized spacial score (nSPS) is 14.3. The van der Waals surface area contributed by atoms with Crippen LogP contribution in [0.4, 0.5) is 0 Å². The largest absolute Gasteiger partial charge is 0.490 e. The molecule has 0 saturated heterocycles. The molecule has 0 radical (unpaired) electrons. The van der Waals surface area contributed by atoms with Gasteiger partial charge in [0.1, 0.15) is 12.4 Å². The standard InChI is InChI=1S/C30H28BrCl2N3O3/c1-2-38-28-15-19(9-13-27(28)39-18-20-8-11-24(32)25(33)14-20)17-34-36-29(21-6-4-3-5-7-21)35-26-12-10-22(31)16-23(26)30(36)37/h8-17,21H,2-7,18H2,1H3. The minimum atomic E-state index is -0.176. The van der Waals surface area contributed by atoms with E-state index in [2.05, 4.69) is 21.0 Å². The monoisotopic (exact) mass is 627 g/mol. The summed E-state index contributed by atoms with van der Waals surface area (Å²) in [4.78, 5) is 18.5. The zero-order valence-corrected chi connectivity index (χ0v) is 24.6. The molecule has 5 rings (SSSR count). The lowest BCUT2D eigenvalue weighted by atomic mass is 9.88. The molecule has 6 nitrogen and oxygen atoms in total. The van der Waals surface area contributed by atoms with Crippen molar-refractivity contribution in [1.82, 2.24) is 9.66 Å². The highest BCUT2D eigenvalue weighted by Crippen LogP contribution is 2.33. The zero-order valence-electron chi connectivity index (χ0n) is 21.5. The predicted octanol–water partition coefficient (Wildman–Crippen LogP) is 8.37. The summed E-state index contributed by atoms with van der Waals surface area (Å²) in [6, 6.07) is 16.6. The average Bonchev–Trinajstić information content (AvgIpc) is 2.94. The maximum absolute atomic E-state index is 13.6. The van der Waals surface area contributed by atoms with Gasteiger partial charge in [-0.2, -0.15) is 9.78 Å². The van der Waals surface area contributed by atoms with E-state index in [0.29, 0.717) is 45.7 Å². The molecule has 1 aliphatic carbocycles. The van der Waals surface area contributed by atoms with Crippen LogP contribution in [0.3, 0.4) is 0 Å². The van der Waals surface area contributed by atoms with Gasteiger partial charge in [-0.15, -0.1) is 0 Å². The Balaban J connectivity index is 1.46. The summed E-state index contributed by atoms with van der Waals surface area (Å²) in [6.07, 6.45) is 7.15. The van der Waals surface area contributed by atoms with Crippen LogP contribution in [0.25, 0.3) is 10.9 Å². The fraction of sp³-hybridized carbons (Fsp3) is 0.300. The first kappa shape index (κ1) is 27.7. The van der Waals surface area contributed by atoms with Crippen molar-refractivity contribution in [2.45, 2.75) is 51.6 Å². The van der Waals surface area contributed by atoms with Crippen molar-refractivity contribution < 1.29 is 9.47 Å². The molecule has 0 bridgehead atoms. The molecule has 4 aromatic rings. The van der Waals surface area contributed by atoms with Gasteiger partial charge in [0.2, 0.25) is 0 Å². The van der Waals surface area contributed by atoms with Crippen LogP contribution in [0, 0.1) is 0 Å². The van der Waals surface area contributed by atoms with Crippen molar-refractivity contribution in [1.29, 1.82) is 0 Å². The van der Waals surface area contributed by atoms with Gasteiger partial charge in [0.25, 0.3) is 5.56 Å². The number of hydrogen-bond donors (Lipinski definition) is 0. The Morgan fingerprint density at radius 1 is 1.00 bits per heavy atom. The Hall–Kier alpha value is -2.87. The summed E-state index contributed by atoms with van der Waals surface area (Å²) >= 11 is 15.6. The van der Waals surface area contributed by atoms with Gasteiger partial charge in [0.15, 0.2) is 11.5 Å². The van der Waals surface area contributed by atoms with Crippen LogP contribution in [-0.4, -0.2) is 22.5 Å². The summed E-state index contributed by atoms with van der Waals surface area (Å²) in [7, 11) is 0. The van der Waals surface area contributed by atoms with Crippen molar-refractivity contribution in [2.24, 2.45) is 5.10 Å². The summed E-state index contributed by atoms with van der Waals surface area (Å²) in [6.45, 7) is 2.69. The van der Waals surface area contributed by atoms with Gasteiger partial charge in [0, 0.05) is 10.4 Å². The number of rotatable bonds is 8. The molecule has 39 heavy (non-hydrogen) atoms. The summed E-state index contributed by atoms with van der Waals surface area (Å²) in [5, 5.41) is 6.16. The van der Waals surface area contributed by atoms with Crippen molar-refractivity contribution in [3.05, 3.63) is 96.4 Å². The molecule has 0 unspecified atom stereocenters. The van der Waals surface area contributed by atoms with Crippen molar-refractivity contribution >= 4 is 56.2 Å². The van der Waals surface area contributed by atoms with Crippen molar-refractivity contribution in [3.8, 4) is 11.5 Å². The van der Waals surface area contributed by atoms with E-state index in [1.54, 1.807) is 24.4 Å². The third kappa shape index (κ3) is 6.48. The molecule has 0 spiro atoms. The molecular formula is C30H28BrCl2N3O3. The Morgan fingerprint density at radius 3 is 2.59 bits per heavy atom. The second kappa shape index (κ2) is 12.5. The number of benzene rings is 3. The second-order valence-corrected chi connectivity index (χ2v) is 11.2. The third-order valence-corrected chi connectivity index (χ3v) is 8.00. The van der Waals surface area contributed by atoms with E-state index >= 15 is 0 Å². The molecule has 1 saturated carbocycles. The van der Waals surface area contributed by atoms with E-state index in [1.165, 1.54) is 11.1 Å². The van der Waals surface area contributed by atoms with Crippen LogP contribution in [0.1, 0.15) is 61.9 Å². The molecule has 1 fully saturated rings. The topological polar surface area (TPSA) is 65.7 Å². The molecule has 0 aliphatic heterocycles. The average molecular weight is 629 g/mol. The highest BCUT2D eigenvalue weighted by Gasteiger charge is 2.22. The molecule has 0 atom stereocenters. The molecule has 3 aromatic carbocycles. The lowest BCUT2D eigenvalue weighted by molar-refractivity contribution is 0.269. The first-order chi connectivity index (χ1) is 18.9. The lowest BCUT2D eigenvalue weighted by Gasteiger charge is -2.22. The molecule has 1 heterocycles. The van der Waals surface area contributed by atoms with Gasteiger partial charge in [-0.1, -0.05) is 64.5 Å². The fourth-order valence-electron chi connectivity index (χ4n) is 4.81. The van der Waals surface area contributed by atoms with E-state index < -0.39 is 0 Å². The van der Waals surface area contributed by atoms with Crippen LogP contribution in [0.2, 0.25) is 10.0 Å². The number of ether oxygens (including phenoxy) is 2. The number of halogens is 3. The summed E-state index contributed by atoms with van der Waals surface area (Å²) < 4.78 is 14.2. The lowest BCUT2D eigenvalue weighted by Crippen LogP contribution is -2.25. The van der Waals surface area contributed by atoms with Gasteiger partial charge < -0.3 is 9.47 Å². The first-order valence-electron chi connectivity index (χ1n) is 13.0. The minimum Gasteiger partial charge on any atom is -0.490 e. The van der Waals surface area contributed by atoms with E-state index in [-0.39, 0.29) is 11.5 Å². The van der Waals surface area contributed by atoms with Gasteiger partial charge >= 0.3 is 0 Å². The van der Waals surface area contributed by atoms with E-state index in [9.17, 15) is 4.79 Å². The molecular weight excluding hydrogens is 601 g/mol. The highest BCUT2D eigenvalue weighted by atomic mass is 79.9. The molecule has 1 aliphatic rings. The van der Waals surface area contributed by atoms with Crippen LogP contribution in [0.15, 0.2) is 69.0 Å².